The van der Waals surface area contributed by atoms with Crippen molar-refractivity contribution in [2.24, 2.45) is 0 Å². The summed E-state index contributed by atoms with van der Waals surface area (Å²) in [5.41, 5.74) is 0.761. The zero-order valence-corrected chi connectivity index (χ0v) is 12.8. The van der Waals surface area contributed by atoms with Gasteiger partial charge in [-0.25, -0.2) is 8.42 Å². The molecule has 1 aliphatic rings. The summed E-state index contributed by atoms with van der Waals surface area (Å²) in [6, 6.07) is 5.31. The quantitative estimate of drug-likeness (QED) is 0.833. The van der Waals surface area contributed by atoms with Gasteiger partial charge >= 0.3 is 0 Å². The molecule has 0 saturated carbocycles. The van der Waals surface area contributed by atoms with Crippen LogP contribution in [0, 0.1) is 6.92 Å². The summed E-state index contributed by atoms with van der Waals surface area (Å²) in [6.45, 7) is 4.97. The lowest BCUT2D eigenvalue weighted by molar-refractivity contribution is 0.0102. The summed E-state index contributed by atoms with van der Waals surface area (Å²) in [6.07, 6.45) is -0.0546. The van der Waals surface area contributed by atoms with Crippen molar-refractivity contribution < 1.29 is 13.2 Å². The molecule has 1 atom stereocenters. The Morgan fingerprint density at radius 2 is 2.17 bits per heavy atom. The normalized spacial score (nSPS) is 22.1. The molecule has 1 aromatic rings. The Morgan fingerprint density at radius 3 is 2.83 bits per heavy atom. The van der Waals surface area contributed by atoms with Crippen LogP contribution in [0.1, 0.15) is 12.5 Å². The molecule has 100 valence electrons. The van der Waals surface area contributed by atoms with E-state index in [-0.39, 0.29) is 6.10 Å². The Balaban J connectivity index is 2.38. The monoisotopic (exact) mass is 333 g/mol. The minimum absolute atomic E-state index is 0.0546. The molecule has 0 spiro atoms. The summed E-state index contributed by atoms with van der Waals surface area (Å²) in [7, 11) is -3.42. The zero-order chi connectivity index (χ0) is 13.3. The Hall–Kier alpha value is -0.430. The molecule has 0 aliphatic carbocycles. The standard InChI is InChI=1S/C12H16BrNO3S/c1-9-3-4-11(13)7-12(9)18(15,16)14-5-6-17-10(2)8-14/h3-4,7,10H,5-6,8H2,1-2H3. The molecule has 0 N–H and O–H groups in total. The van der Waals surface area contributed by atoms with Crippen LogP contribution in [0.3, 0.4) is 0 Å². The number of benzene rings is 1. The second kappa shape index (κ2) is 5.28. The van der Waals surface area contributed by atoms with E-state index >= 15 is 0 Å². The molecule has 1 unspecified atom stereocenters. The van der Waals surface area contributed by atoms with Crippen LogP contribution in [0.4, 0.5) is 0 Å². The predicted molar refractivity (Wildman–Crippen MR) is 73.1 cm³/mol. The number of hydrogen-bond donors (Lipinski definition) is 0. The van der Waals surface area contributed by atoms with Crippen LogP contribution in [-0.2, 0) is 14.8 Å². The molecule has 1 fully saturated rings. The zero-order valence-electron chi connectivity index (χ0n) is 10.4. The summed E-state index contributed by atoms with van der Waals surface area (Å²) in [4.78, 5) is 0.367. The van der Waals surface area contributed by atoms with E-state index in [1.807, 2.05) is 19.9 Å². The highest BCUT2D eigenvalue weighted by Crippen LogP contribution is 2.25. The van der Waals surface area contributed by atoms with Gasteiger partial charge in [-0.2, -0.15) is 4.31 Å². The van der Waals surface area contributed by atoms with Gasteiger partial charge in [0, 0.05) is 17.6 Å². The summed E-state index contributed by atoms with van der Waals surface area (Å²) < 4.78 is 32.8. The molecular weight excluding hydrogens is 318 g/mol. The van der Waals surface area contributed by atoms with Gasteiger partial charge < -0.3 is 4.74 Å². The lowest BCUT2D eigenvalue weighted by Crippen LogP contribution is -2.44. The highest BCUT2D eigenvalue weighted by Gasteiger charge is 2.30. The highest BCUT2D eigenvalue weighted by molar-refractivity contribution is 9.10. The predicted octanol–water partition coefficient (Wildman–Crippen LogP) is 2.17. The first-order valence-corrected chi connectivity index (χ1v) is 8.02. The van der Waals surface area contributed by atoms with Crippen molar-refractivity contribution in [1.82, 2.24) is 4.31 Å². The van der Waals surface area contributed by atoms with E-state index in [2.05, 4.69) is 15.9 Å². The molecule has 0 radical (unpaired) electrons. The fourth-order valence-electron chi connectivity index (χ4n) is 2.00. The minimum atomic E-state index is -3.42. The third-order valence-corrected chi connectivity index (χ3v) is 5.47. The number of rotatable bonds is 2. The summed E-state index contributed by atoms with van der Waals surface area (Å²) in [5.74, 6) is 0. The molecule has 1 heterocycles. The molecule has 6 heteroatoms. The van der Waals surface area contributed by atoms with Gasteiger partial charge in [0.05, 0.1) is 17.6 Å². The SMILES string of the molecule is Cc1ccc(Br)cc1S(=O)(=O)N1CCOC(C)C1. The molecule has 0 amide bonds. The number of hydrogen-bond acceptors (Lipinski definition) is 3. The Labute approximate surface area is 116 Å². The van der Waals surface area contributed by atoms with E-state index in [1.54, 1.807) is 12.1 Å². The molecular formula is C12H16BrNO3S. The smallest absolute Gasteiger partial charge is 0.243 e. The Kier molecular flexibility index (Phi) is 4.11. The van der Waals surface area contributed by atoms with Crippen LogP contribution in [-0.4, -0.2) is 38.5 Å². The number of sulfonamides is 1. The first-order chi connectivity index (χ1) is 8.41. The van der Waals surface area contributed by atoms with Crippen molar-refractivity contribution >= 4 is 26.0 Å². The van der Waals surface area contributed by atoms with E-state index in [9.17, 15) is 8.42 Å². The molecule has 0 bridgehead atoms. The maximum Gasteiger partial charge on any atom is 0.243 e. The molecule has 4 nitrogen and oxygen atoms in total. The lowest BCUT2D eigenvalue weighted by Gasteiger charge is -2.30. The number of aryl methyl sites for hydroxylation is 1. The van der Waals surface area contributed by atoms with Crippen LogP contribution in [0.25, 0.3) is 0 Å². The van der Waals surface area contributed by atoms with Gasteiger partial charge in [0.2, 0.25) is 10.0 Å². The summed E-state index contributed by atoms with van der Waals surface area (Å²) in [5, 5.41) is 0. The van der Waals surface area contributed by atoms with Crippen molar-refractivity contribution in [3.05, 3.63) is 28.2 Å². The Bertz CT molecular complexity index is 544. The van der Waals surface area contributed by atoms with E-state index in [1.165, 1.54) is 4.31 Å². The topological polar surface area (TPSA) is 46.6 Å². The lowest BCUT2D eigenvalue weighted by atomic mass is 10.2. The maximum absolute atomic E-state index is 12.6. The largest absolute Gasteiger partial charge is 0.376 e. The van der Waals surface area contributed by atoms with Crippen LogP contribution in [0.5, 0.6) is 0 Å². The van der Waals surface area contributed by atoms with E-state index in [0.717, 1.165) is 10.0 Å². The van der Waals surface area contributed by atoms with Crippen molar-refractivity contribution in [1.29, 1.82) is 0 Å². The van der Waals surface area contributed by atoms with Crippen molar-refractivity contribution in [3.8, 4) is 0 Å². The second-order valence-corrected chi connectivity index (χ2v) is 7.28. The fraction of sp³-hybridized carbons (Fsp3) is 0.500. The molecule has 1 aromatic carbocycles. The second-order valence-electron chi connectivity index (χ2n) is 4.45. The van der Waals surface area contributed by atoms with Crippen LogP contribution in [0.2, 0.25) is 0 Å². The molecule has 1 saturated heterocycles. The van der Waals surface area contributed by atoms with Gasteiger partial charge in [-0.15, -0.1) is 0 Å². The van der Waals surface area contributed by atoms with Crippen molar-refractivity contribution in [2.45, 2.75) is 24.8 Å². The first kappa shape index (κ1) is 14.0. The molecule has 18 heavy (non-hydrogen) atoms. The van der Waals surface area contributed by atoms with Crippen molar-refractivity contribution in [3.63, 3.8) is 0 Å². The van der Waals surface area contributed by atoms with E-state index < -0.39 is 10.0 Å². The van der Waals surface area contributed by atoms with Crippen LogP contribution < -0.4 is 0 Å². The van der Waals surface area contributed by atoms with Crippen molar-refractivity contribution in [2.75, 3.05) is 19.7 Å². The number of halogens is 1. The van der Waals surface area contributed by atoms with Gasteiger partial charge in [0.15, 0.2) is 0 Å². The van der Waals surface area contributed by atoms with E-state index in [0.29, 0.717) is 24.6 Å². The van der Waals surface area contributed by atoms with Gasteiger partial charge in [-0.1, -0.05) is 22.0 Å². The number of morpholine rings is 1. The average Bonchev–Trinajstić information content (AvgIpc) is 2.32. The summed E-state index contributed by atoms with van der Waals surface area (Å²) >= 11 is 3.32. The molecule has 1 aliphatic heterocycles. The number of nitrogens with zero attached hydrogens (tertiary/aromatic N) is 1. The third kappa shape index (κ3) is 2.77. The first-order valence-electron chi connectivity index (χ1n) is 5.79. The highest BCUT2D eigenvalue weighted by atomic mass is 79.9. The van der Waals surface area contributed by atoms with Gasteiger partial charge in [-0.05, 0) is 31.5 Å². The average molecular weight is 334 g/mol. The van der Waals surface area contributed by atoms with Crippen LogP contribution in [0.15, 0.2) is 27.6 Å². The fourth-order valence-corrected chi connectivity index (χ4v) is 4.26. The maximum atomic E-state index is 12.6. The van der Waals surface area contributed by atoms with Gasteiger partial charge in [0.25, 0.3) is 0 Å². The van der Waals surface area contributed by atoms with Gasteiger partial charge in [-0.3, -0.25) is 0 Å². The number of ether oxygens (including phenoxy) is 1. The van der Waals surface area contributed by atoms with Gasteiger partial charge in [0.1, 0.15) is 0 Å². The van der Waals surface area contributed by atoms with E-state index in [4.69, 9.17) is 4.74 Å². The van der Waals surface area contributed by atoms with Crippen LogP contribution >= 0.6 is 15.9 Å². The Morgan fingerprint density at radius 1 is 1.44 bits per heavy atom. The molecule has 0 aromatic heterocycles. The minimum Gasteiger partial charge on any atom is -0.376 e. The third-order valence-electron chi connectivity index (χ3n) is 2.97. The molecule has 2 rings (SSSR count).